The molecule has 0 spiro atoms. The van der Waals surface area contributed by atoms with Crippen molar-refractivity contribution in [1.29, 1.82) is 0 Å². The van der Waals surface area contributed by atoms with E-state index in [1.54, 1.807) is 0 Å². The highest BCUT2D eigenvalue weighted by Crippen LogP contribution is 2.36. The van der Waals surface area contributed by atoms with Gasteiger partial charge in [0.15, 0.2) is 0 Å². The highest BCUT2D eigenvalue weighted by Gasteiger charge is 2.33. The Labute approximate surface area is 113 Å². The van der Waals surface area contributed by atoms with Gasteiger partial charge in [0.2, 0.25) is 0 Å². The quantitative estimate of drug-likeness (QED) is 0.781. The Kier molecular flexibility index (Phi) is 5.97. The Balaban J connectivity index is 1.76. The van der Waals surface area contributed by atoms with Crippen molar-refractivity contribution in [3.63, 3.8) is 0 Å². The predicted molar refractivity (Wildman–Crippen MR) is 76.7 cm³/mol. The van der Waals surface area contributed by atoms with Crippen molar-refractivity contribution in [3.8, 4) is 0 Å². The number of hydrogen-bond acceptors (Lipinski definition) is 2. The fourth-order valence-electron chi connectivity index (χ4n) is 4.02. The molecule has 1 heterocycles. The summed E-state index contributed by atoms with van der Waals surface area (Å²) in [5.41, 5.74) is 0. The van der Waals surface area contributed by atoms with Crippen LogP contribution in [0.4, 0.5) is 0 Å². The van der Waals surface area contributed by atoms with Crippen LogP contribution in [0.5, 0.6) is 0 Å². The van der Waals surface area contributed by atoms with E-state index in [0.717, 1.165) is 31.0 Å². The molecule has 0 aromatic rings. The molecule has 0 radical (unpaired) electrons. The second-order valence-corrected chi connectivity index (χ2v) is 6.36. The summed E-state index contributed by atoms with van der Waals surface area (Å²) in [6.07, 6.45) is 11.3. The minimum Gasteiger partial charge on any atom is -0.381 e. The number of nitrogens with one attached hydrogen (secondary N) is 1. The smallest absolute Gasteiger partial charge is 0.0510 e. The van der Waals surface area contributed by atoms with Crippen molar-refractivity contribution in [2.45, 2.75) is 64.3 Å². The van der Waals surface area contributed by atoms with E-state index >= 15 is 0 Å². The van der Waals surface area contributed by atoms with E-state index in [9.17, 15) is 0 Å². The van der Waals surface area contributed by atoms with E-state index in [1.165, 1.54) is 51.4 Å². The van der Waals surface area contributed by atoms with Crippen LogP contribution in [-0.4, -0.2) is 26.3 Å². The van der Waals surface area contributed by atoms with Gasteiger partial charge in [-0.3, -0.25) is 0 Å². The zero-order valence-electron chi connectivity index (χ0n) is 12.3. The molecule has 0 amide bonds. The van der Waals surface area contributed by atoms with Gasteiger partial charge in [-0.05, 0) is 38.1 Å². The first-order valence-electron chi connectivity index (χ1n) is 8.10. The third-order valence-corrected chi connectivity index (χ3v) is 5.17. The van der Waals surface area contributed by atoms with Crippen LogP contribution >= 0.6 is 0 Å². The standard InChI is InChI=1S/C16H31NO/c1-3-4-5-13-6-8-14(9-7-13)16(17-2)15-10-11-18-12-15/h13-17H,3-12H2,1-2H3. The number of unbranched alkanes of at least 4 members (excludes halogenated alkanes) is 1. The first-order valence-corrected chi connectivity index (χ1v) is 8.10. The van der Waals surface area contributed by atoms with Gasteiger partial charge in [0, 0.05) is 18.6 Å². The van der Waals surface area contributed by atoms with E-state index in [1.807, 2.05) is 0 Å². The maximum absolute atomic E-state index is 5.56. The van der Waals surface area contributed by atoms with Gasteiger partial charge >= 0.3 is 0 Å². The molecule has 1 N–H and O–H groups in total. The number of hydrogen-bond donors (Lipinski definition) is 1. The molecule has 1 aliphatic carbocycles. The molecule has 106 valence electrons. The highest BCUT2D eigenvalue weighted by atomic mass is 16.5. The lowest BCUT2D eigenvalue weighted by atomic mass is 9.74. The minimum atomic E-state index is 0.708. The first kappa shape index (κ1) is 14.3. The summed E-state index contributed by atoms with van der Waals surface area (Å²) in [6.45, 7) is 4.28. The molecular weight excluding hydrogens is 222 g/mol. The van der Waals surface area contributed by atoms with E-state index in [4.69, 9.17) is 4.74 Å². The van der Waals surface area contributed by atoms with Gasteiger partial charge in [-0.2, -0.15) is 0 Å². The molecule has 1 saturated carbocycles. The van der Waals surface area contributed by atoms with Crippen molar-refractivity contribution < 1.29 is 4.74 Å². The van der Waals surface area contributed by atoms with Crippen molar-refractivity contribution >= 4 is 0 Å². The van der Waals surface area contributed by atoms with Gasteiger partial charge in [-0.15, -0.1) is 0 Å². The van der Waals surface area contributed by atoms with Gasteiger partial charge in [-0.25, -0.2) is 0 Å². The van der Waals surface area contributed by atoms with Crippen LogP contribution in [0.3, 0.4) is 0 Å². The van der Waals surface area contributed by atoms with Crippen LogP contribution in [0.25, 0.3) is 0 Å². The van der Waals surface area contributed by atoms with Crippen LogP contribution in [-0.2, 0) is 4.74 Å². The Bertz CT molecular complexity index is 217. The van der Waals surface area contributed by atoms with E-state index in [2.05, 4.69) is 19.3 Å². The van der Waals surface area contributed by atoms with E-state index < -0.39 is 0 Å². The van der Waals surface area contributed by atoms with Crippen molar-refractivity contribution in [2.24, 2.45) is 17.8 Å². The summed E-state index contributed by atoms with van der Waals surface area (Å²) in [5, 5.41) is 3.59. The van der Waals surface area contributed by atoms with Crippen LogP contribution in [0.1, 0.15) is 58.3 Å². The van der Waals surface area contributed by atoms with Gasteiger partial charge < -0.3 is 10.1 Å². The molecule has 2 fully saturated rings. The van der Waals surface area contributed by atoms with E-state index in [-0.39, 0.29) is 0 Å². The Morgan fingerprint density at radius 1 is 1.11 bits per heavy atom. The molecule has 2 atom stereocenters. The van der Waals surface area contributed by atoms with Crippen LogP contribution in [0.15, 0.2) is 0 Å². The van der Waals surface area contributed by atoms with Crippen LogP contribution < -0.4 is 5.32 Å². The molecular formula is C16H31NO. The first-order chi connectivity index (χ1) is 8.85. The average Bonchev–Trinajstić information content (AvgIpc) is 2.93. The molecule has 2 rings (SSSR count). The summed E-state index contributed by atoms with van der Waals surface area (Å²) < 4.78 is 5.56. The third-order valence-electron chi connectivity index (χ3n) is 5.17. The van der Waals surface area contributed by atoms with Crippen molar-refractivity contribution in [2.75, 3.05) is 20.3 Å². The number of ether oxygens (including phenoxy) is 1. The minimum absolute atomic E-state index is 0.708. The topological polar surface area (TPSA) is 21.3 Å². The summed E-state index contributed by atoms with van der Waals surface area (Å²) >= 11 is 0. The zero-order valence-corrected chi connectivity index (χ0v) is 12.3. The molecule has 0 aromatic heterocycles. The molecule has 1 saturated heterocycles. The van der Waals surface area contributed by atoms with Gasteiger partial charge in [0.05, 0.1) is 6.61 Å². The van der Waals surface area contributed by atoms with Gasteiger partial charge in [0.1, 0.15) is 0 Å². The number of rotatable bonds is 6. The normalized spacial score (nSPS) is 34.7. The SMILES string of the molecule is CCCCC1CCC(C(NC)C2CCOC2)CC1. The maximum Gasteiger partial charge on any atom is 0.0510 e. The second-order valence-electron chi connectivity index (χ2n) is 6.36. The summed E-state index contributed by atoms with van der Waals surface area (Å²) in [6, 6.07) is 0.708. The zero-order chi connectivity index (χ0) is 12.8. The summed E-state index contributed by atoms with van der Waals surface area (Å²) in [5.74, 6) is 2.70. The van der Waals surface area contributed by atoms with Crippen LogP contribution in [0.2, 0.25) is 0 Å². The Morgan fingerprint density at radius 3 is 2.44 bits per heavy atom. The van der Waals surface area contributed by atoms with Gasteiger partial charge in [0.25, 0.3) is 0 Å². The third kappa shape index (κ3) is 3.71. The molecule has 2 aliphatic rings. The lowest BCUT2D eigenvalue weighted by molar-refractivity contribution is 0.145. The Morgan fingerprint density at radius 2 is 1.89 bits per heavy atom. The monoisotopic (exact) mass is 253 g/mol. The largest absolute Gasteiger partial charge is 0.381 e. The lowest BCUT2D eigenvalue weighted by Gasteiger charge is -2.36. The Hall–Kier alpha value is -0.0800. The average molecular weight is 253 g/mol. The van der Waals surface area contributed by atoms with E-state index in [0.29, 0.717) is 6.04 Å². The molecule has 2 nitrogen and oxygen atoms in total. The highest BCUT2D eigenvalue weighted by molar-refractivity contribution is 4.87. The molecule has 2 unspecified atom stereocenters. The fourth-order valence-corrected chi connectivity index (χ4v) is 4.02. The second kappa shape index (κ2) is 7.49. The molecule has 18 heavy (non-hydrogen) atoms. The van der Waals surface area contributed by atoms with Gasteiger partial charge in [-0.1, -0.05) is 39.0 Å². The predicted octanol–water partition coefficient (Wildman–Crippen LogP) is 3.61. The fraction of sp³-hybridized carbons (Fsp3) is 1.00. The van der Waals surface area contributed by atoms with Crippen LogP contribution in [0, 0.1) is 17.8 Å². The lowest BCUT2D eigenvalue weighted by Crippen LogP contribution is -2.42. The van der Waals surface area contributed by atoms with Crippen molar-refractivity contribution in [3.05, 3.63) is 0 Å². The molecule has 1 aliphatic heterocycles. The van der Waals surface area contributed by atoms with Crippen molar-refractivity contribution in [1.82, 2.24) is 5.32 Å². The molecule has 0 bridgehead atoms. The maximum atomic E-state index is 5.56. The molecule has 0 aromatic carbocycles. The summed E-state index contributed by atoms with van der Waals surface area (Å²) in [4.78, 5) is 0. The molecule has 2 heteroatoms. The summed E-state index contributed by atoms with van der Waals surface area (Å²) in [7, 11) is 2.14.